The normalized spacial score (nSPS) is 14.5. The van der Waals surface area contributed by atoms with Crippen LogP contribution in [0.2, 0.25) is 0 Å². The van der Waals surface area contributed by atoms with Gasteiger partial charge >= 0.3 is 5.97 Å². The number of aryl methyl sites for hydroxylation is 1. The number of aliphatic carboxylic acids is 1. The van der Waals surface area contributed by atoms with Gasteiger partial charge in [0.15, 0.2) is 0 Å². The third kappa shape index (κ3) is 6.20. The molecular formula is C28H31N5O6. The number of benzene rings is 2. The van der Waals surface area contributed by atoms with E-state index in [-0.39, 0.29) is 31.3 Å². The maximum Gasteiger partial charge on any atom is 0.320 e. The molecule has 11 heteroatoms. The van der Waals surface area contributed by atoms with Crippen molar-refractivity contribution in [2.24, 2.45) is 5.92 Å². The van der Waals surface area contributed by atoms with Crippen LogP contribution in [0, 0.1) is 12.8 Å². The minimum absolute atomic E-state index is 0.0393. The summed E-state index contributed by atoms with van der Waals surface area (Å²) in [4.78, 5) is 60.1. The molecule has 1 aromatic heterocycles. The maximum absolute atomic E-state index is 13.0. The lowest BCUT2D eigenvalue weighted by Crippen LogP contribution is -2.52. The van der Waals surface area contributed by atoms with Gasteiger partial charge in [-0.05, 0) is 48.6 Å². The van der Waals surface area contributed by atoms with Crippen LogP contribution in [0.3, 0.4) is 0 Å². The molecule has 4 N–H and O–H groups in total. The Bertz CT molecular complexity index is 1380. The smallest absolute Gasteiger partial charge is 0.320 e. The fraction of sp³-hybridized carbons (Fsp3) is 0.357. The van der Waals surface area contributed by atoms with Gasteiger partial charge in [-0.15, -0.1) is 0 Å². The predicted molar refractivity (Wildman–Crippen MR) is 142 cm³/mol. The molecule has 0 saturated carbocycles. The van der Waals surface area contributed by atoms with Gasteiger partial charge in [-0.3, -0.25) is 29.4 Å². The predicted octanol–water partition coefficient (Wildman–Crippen LogP) is 2.40. The molecule has 1 aliphatic heterocycles. The third-order valence-corrected chi connectivity index (χ3v) is 6.62. The molecule has 11 nitrogen and oxygen atoms in total. The van der Waals surface area contributed by atoms with E-state index < -0.39 is 35.8 Å². The fourth-order valence-electron chi connectivity index (χ4n) is 4.59. The number of fused-ring (bicyclic) bond motifs is 2. The molecule has 3 amide bonds. The first-order chi connectivity index (χ1) is 18.5. The van der Waals surface area contributed by atoms with Crippen molar-refractivity contribution in [1.82, 2.24) is 25.5 Å². The number of carboxylic acid groups (broad SMARTS) is 1. The molecule has 0 fully saturated rings. The summed E-state index contributed by atoms with van der Waals surface area (Å²) in [5, 5.41) is 27.1. The number of aromatic hydroxyl groups is 1. The zero-order valence-electron chi connectivity index (χ0n) is 22.0. The molecule has 0 spiro atoms. The van der Waals surface area contributed by atoms with Crippen molar-refractivity contribution in [3.8, 4) is 5.88 Å². The molecule has 0 aliphatic carbocycles. The van der Waals surface area contributed by atoms with Gasteiger partial charge in [-0.25, -0.2) is 4.98 Å². The highest BCUT2D eigenvalue weighted by Gasteiger charge is 2.37. The number of hydrogen-bond acceptors (Lipinski definition) is 8. The van der Waals surface area contributed by atoms with Crippen LogP contribution in [0.15, 0.2) is 42.6 Å². The van der Waals surface area contributed by atoms with Crippen LogP contribution in [-0.2, 0) is 16.1 Å². The van der Waals surface area contributed by atoms with E-state index in [1.165, 1.54) is 6.20 Å². The number of carboxylic acids is 1. The van der Waals surface area contributed by atoms with Crippen LogP contribution < -0.4 is 10.6 Å². The lowest BCUT2D eigenvalue weighted by molar-refractivity contribution is -0.140. The van der Waals surface area contributed by atoms with Crippen molar-refractivity contribution in [2.75, 3.05) is 6.54 Å². The Labute approximate surface area is 225 Å². The van der Waals surface area contributed by atoms with E-state index in [1.807, 2.05) is 38.1 Å². The van der Waals surface area contributed by atoms with E-state index in [4.69, 9.17) is 0 Å². The molecule has 0 radical (unpaired) electrons. The van der Waals surface area contributed by atoms with Gasteiger partial charge in [-0.1, -0.05) is 38.1 Å². The average molecular weight is 534 g/mol. The molecule has 0 saturated heterocycles. The number of carbonyl (C=O) groups excluding carboxylic acids is 3. The van der Waals surface area contributed by atoms with E-state index in [0.29, 0.717) is 28.9 Å². The van der Waals surface area contributed by atoms with Crippen LogP contribution in [0.1, 0.15) is 58.8 Å². The van der Waals surface area contributed by atoms with Gasteiger partial charge in [0.1, 0.15) is 11.9 Å². The zero-order valence-corrected chi connectivity index (χ0v) is 22.0. The topological polar surface area (TPSA) is 162 Å². The standard InChI is InChI=1S/C28H31N5O6/c1-15(2)10-23(25(35)30-14-19-13-29-16(3)31-24(19)34)32-22(28(38)39)8-9-33-26(36)20-11-17-6-4-5-7-18(17)12-21(20)27(33)37/h4-7,11-13,15,22-23,32H,8-10,14H2,1-3H3,(H,30,35)(H,38,39)(H,29,31,34)/t22-,23+/m1/s1. The zero-order chi connectivity index (χ0) is 28.3. The quantitative estimate of drug-likeness (QED) is 0.271. The van der Waals surface area contributed by atoms with Crippen molar-refractivity contribution >= 4 is 34.5 Å². The molecule has 2 aromatic carbocycles. The summed E-state index contributed by atoms with van der Waals surface area (Å²) < 4.78 is 0. The maximum atomic E-state index is 13.0. The molecule has 204 valence electrons. The van der Waals surface area contributed by atoms with E-state index in [1.54, 1.807) is 19.1 Å². The van der Waals surface area contributed by atoms with Crippen LogP contribution in [0.4, 0.5) is 0 Å². The fourth-order valence-corrected chi connectivity index (χ4v) is 4.59. The summed E-state index contributed by atoms with van der Waals surface area (Å²) in [5.74, 6) is -2.40. The van der Waals surface area contributed by atoms with E-state index in [2.05, 4.69) is 20.6 Å². The molecule has 0 unspecified atom stereocenters. The molecule has 0 bridgehead atoms. The summed E-state index contributed by atoms with van der Waals surface area (Å²) in [6.07, 6.45) is 1.66. The molecule has 2 atom stereocenters. The molecule has 4 rings (SSSR count). The Kier molecular flexibility index (Phi) is 8.20. The van der Waals surface area contributed by atoms with Gasteiger partial charge < -0.3 is 15.5 Å². The highest BCUT2D eigenvalue weighted by atomic mass is 16.4. The van der Waals surface area contributed by atoms with E-state index in [9.17, 15) is 29.4 Å². The van der Waals surface area contributed by atoms with Crippen molar-refractivity contribution in [1.29, 1.82) is 0 Å². The molecule has 3 aromatic rings. The van der Waals surface area contributed by atoms with Crippen molar-refractivity contribution in [2.45, 2.75) is 52.2 Å². The number of aromatic nitrogens is 2. The molecule has 2 heterocycles. The largest absolute Gasteiger partial charge is 0.493 e. The van der Waals surface area contributed by atoms with Crippen LogP contribution in [-0.4, -0.2) is 67.4 Å². The number of rotatable bonds is 11. The Hall–Kier alpha value is -4.38. The first-order valence-corrected chi connectivity index (χ1v) is 12.7. The number of imide groups is 1. The minimum Gasteiger partial charge on any atom is -0.493 e. The van der Waals surface area contributed by atoms with E-state index >= 15 is 0 Å². The van der Waals surface area contributed by atoms with Crippen LogP contribution >= 0.6 is 0 Å². The van der Waals surface area contributed by atoms with Crippen molar-refractivity contribution < 1.29 is 29.4 Å². The average Bonchev–Trinajstić information content (AvgIpc) is 3.11. The van der Waals surface area contributed by atoms with Gasteiger partial charge in [0.2, 0.25) is 11.8 Å². The summed E-state index contributed by atoms with van der Waals surface area (Å²) in [6.45, 7) is 5.26. The Morgan fingerprint density at radius 2 is 1.64 bits per heavy atom. The van der Waals surface area contributed by atoms with E-state index in [0.717, 1.165) is 15.7 Å². The summed E-state index contributed by atoms with van der Waals surface area (Å²) in [6, 6.07) is 8.69. The van der Waals surface area contributed by atoms with Crippen molar-refractivity contribution in [3.05, 3.63) is 65.1 Å². The first-order valence-electron chi connectivity index (χ1n) is 12.7. The highest BCUT2D eigenvalue weighted by Crippen LogP contribution is 2.28. The minimum atomic E-state index is -1.21. The Morgan fingerprint density at radius 3 is 2.18 bits per heavy atom. The Morgan fingerprint density at radius 1 is 1.03 bits per heavy atom. The van der Waals surface area contributed by atoms with Crippen molar-refractivity contribution in [3.63, 3.8) is 0 Å². The summed E-state index contributed by atoms with van der Waals surface area (Å²) in [5.41, 5.74) is 0.906. The Balaban J connectivity index is 1.44. The van der Waals surface area contributed by atoms with Gasteiger partial charge in [0, 0.05) is 19.3 Å². The monoisotopic (exact) mass is 533 g/mol. The number of hydrogen-bond donors (Lipinski definition) is 4. The van der Waals surface area contributed by atoms with Gasteiger partial charge in [0.05, 0.1) is 22.7 Å². The number of nitrogens with zero attached hydrogens (tertiary/aromatic N) is 3. The van der Waals surface area contributed by atoms with Gasteiger partial charge in [-0.2, -0.15) is 4.98 Å². The van der Waals surface area contributed by atoms with Crippen LogP contribution in [0.5, 0.6) is 5.88 Å². The first kappa shape index (κ1) is 27.6. The second kappa shape index (κ2) is 11.6. The second-order valence-electron chi connectivity index (χ2n) is 10.0. The lowest BCUT2D eigenvalue weighted by Gasteiger charge is -2.25. The molecular weight excluding hydrogens is 502 g/mol. The molecule has 1 aliphatic rings. The van der Waals surface area contributed by atoms with Crippen LogP contribution in [0.25, 0.3) is 10.8 Å². The third-order valence-electron chi connectivity index (χ3n) is 6.62. The summed E-state index contributed by atoms with van der Waals surface area (Å²) in [7, 11) is 0. The SMILES string of the molecule is Cc1ncc(CNC(=O)[C@H](CC(C)C)N[C@H](CCN2C(=O)c3cc4ccccc4cc3C2=O)C(=O)O)c(O)n1. The number of nitrogens with one attached hydrogen (secondary N) is 2. The van der Waals surface area contributed by atoms with Gasteiger partial charge in [0.25, 0.3) is 11.8 Å². The molecule has 39 heavy (non-hydrogen) atoms. The lowest BCUT2D eigenvalue weighted by atomic mass is 10.0. The number of amides is 3. The highest BCUT2D eigenvalue weighted by molar-refractivity contribution is 6.23. The summed E-state index contributed by atoms with van der Waals surface area (Å²) >= 11 is 0. The second-order valence-corrected chi connectivity index (χ2v) is 10.0. The number of carbonyl (C=O) groups is 4.